The minimum absolute atomic E-state index is 0.149. The van der Waals surface area contributed by atoms with Crippen molar-refractivity contribution in [1.82, 2.24) is 15.1 Å². The van der Waals surface area contributed by atoms with E-state index in [1.54, 1.807) is 6.20 Å². The average Bonchev–Trinajstić information content (AvgIpc) is 3.10. The lowest BCUT2D eigenvalue weighted by Gasteiger charge is -2.32. The van der Waals surface area contributed by atoms with Crippen molar-refractivity contribution in [2.45, 2.75) is 33.4 Å². The molecule has 1 aromatic heterocycles. The zero-order valence-corrected chi connectivity index (χ0v) is 14.6. The Balaban J connectivity index is 1.71. The highest BCUT2D eigenvalue weighted by atomic mass is 15.3. The molecule has 0 fully saturated rings. The predicted molar refractivity (Wildman–Crippen MR) is 99.0 cm³/mol. The molecule has 24 heavy (non-hydrogen) atoms. The minimum atomic E-state index is 0.149. The molecule has 1 N–H and O–H groups in total. The fourth-order valence-electron chi connectivity index (χ4n) is 2.98. The van der Waals surface area contributed by atoms with E-state index in [1.165, 1.54) is 11.1 Å². The lowest BCUT2D eigenvalue weighted by Crippen LogP contribution is -2.32. The van der Waals surface area contributed by atoms with Crippen LogP contribution in [-0.2, 0) is 6.54 Å². The Morgan fingerprint density at radius 1 is 0.958 bits per heavy atom. The number of nitrogens with one attached hydrogen (secondary N) is 1. The Bertz CT molecular complexity index is 738. The van der Waals surface area contributed by atoms with Crippen LogP contribution in [0.1, 0.15) is 37.9 Å². The largest absolute Gasteiger partial charge is 0.305 e. The standard InChI is InChI=1S/C21H25N3/c1-21(2,3)20(18-8-5-4-6-9-18)22-16-17-10-12-19(13-11-17)24-15-7-14-23-24/h4-15,20,22H,16H2,1-3H3/t20-/m1/s1. The maximum Gasteiger partial charge on any atom is 0.0645 e. The summed E-state index contributed by atoms with van der Waals surface area (Å²) in [6.07, 6.45) is 3.75. The molecule has 1 atom stereocenters. The van der Waals surface area contributed by atoms with Crippen molar-refractivity contribution in [2.24, 2.45) is 5.41 Å². The zero-order valence-electron chi connectivity index (χ0n) is 14.6. The van der Waals surface area contributed by atoms with E-state index in [9.17, 15) is 0 Å². The predicted octanol–water partition coefficient (Wildman–Crippen LogP) is 4.75. The van der Waals surface area contributed by atoms with Crippen LogP contribution in [0.3, 0.4) is 0 Å². The van der Waals surface area contributed by atoms with Crippen LogP contribution >= 0.6 is 0 Å². The van der Waals surface area contributed by atoms with Crippen molar-refractivity contribution in [3.63, 3.8) is 0 Å². The Morgan fingerprint density at radius 2 is 1.67 bits per heavy atom. The molecule has 3 aromatic rings. The summed E-state index contributed by atoms with van der Waals surface area (Å²) >= 11 is 0. The first-order chi connectivity index (χ1) is 11.5. The van der Waals surface area contributed by atoms with Gasteiger partial charge in [-0.15, -0.1) is 0 Å². The molecule has 0 aliphatic rings. The van der Waals surface area contributed by atoms with E-state index in [1.807, 2.05) is 16.9 Å². The first-order valence-corrected chi connectivity index (χ1v) is 8.41. The van der Waals surface area contributed by atoms with Gasteiger partial charge in [0.05, 0.1) is 5.69 Å². The molecular weight excluding hydrogens is 294 g/mol. The summed E-state index contributed by atoms with van der Waals surface area (Å²) in [6.45, 7) is 7.67. The quantitative estimate of drug-likeness (QED) is 0.735. The summed E-state index contributed by atoms with van der Waals surface area (Å²) in [5.74, 6) is 0. The highest BCUT2D eigenvalue weighted by Crippen LogP contribution is 2.32. The molecule has 0 radical (unpaired) electrons. The fraction of sp³-hybridized carbons (Fsp3) is 0.286. The van der Waals surface area contributed by atoms with Gasteiger partial charge in [-0.25, -0.2) is 4.68 Å². The summed E-state index contributed by atoms with van der Waals surface area (Å²) in [5.41, 5.74) is 3.84. The maximum absolute atomic E-state index is 4.26. The van der Waals surface area contributed by atoms with Crippen LogP contribution in [-0.4, -0.2) is 9.78 Å². The van der Waals surface area contributed by atoms with Gasteiger partial charge in [0.1, 0.15) is 0 Å². The normalized spacial score (nSPS) is 13.0. The van der Waals surface area contributed by atoms with Crippen LogP contribution < -0.4 is 5.32 Å². The van der Waals surface area contributed by atoms with E-state index in [-0.39, 0.29) is 5.41 Å². The number of hydrogen-bond acceptors (Lipinski definition) is 2. The molecule has 0 spiro atoms. The topological polar surface area (TPSA) is 29.9 Å². The Morgan fingerprint density at radius 3 is 2.25 bits per heavy atom. The van der Waals surface area contributed by atoms with Crippen LogP contribution in [0.25, 0.3) is 5.69 Å². The summed E-state index contributed by atoms with van der Waals surface area (Å²) in [4.78, 5) is 0. The second-order valence-electron chi connectivity index (χ2n) is 7.21. The third-order valence-corrected chi connectivity index (χ3v) is 4.21. The number of hydrogen-bond donors (Lipinski definition) is 1. The van der Waals surface area contributed by atoms with E-state index in [0.717, 1.165) is 12.2 Å². The van der Waals surface area contributed by atoms with Crippen molar-refractivity contribution in [2.75, 3.05) is 0 Å². The molecule has 0 aliphatic carbocycles. The van der Waals surface area contributed by atoms with Gasteiger partial charge in [-0.3, -0.25) is 0 Å². The Kier molecular flexibility index (Phi) is 4.81. The van der Waals surface area contributed by atoms with Gasteiger partial charge in [-0.2, -0.15) is 5.10 Å². The molecule has 0 unspecified atom stereocenters. The number of rotatable bonds is 5. The van der Waals surface area contributed by atoms with Gasteiger partial charge in [-0.1, -0.05) is 63.2 Å². The monoisotopic (exact) mass is 319 g/mol. The van der Waals surface area contributed by atoms with Crippen molar-refractivity contribution in [3.05, 3.63) is 84.2 Å². The summed E-state index contributed by atoms with van der Waals surface area (Å²) in [5, 5.41) is 7.99. The van der Waals surface area contributed by atoms with Crippen molar-refractivity contribution in [3.8, 4) is 5.69 Å². The van der Waals surface area contributed by atoms with Crippen LogP contribution in [0.15, 0.2) is 73.1 Å². The molecule has 0 saturated carbocycles. The van der Waals surface area contributed by atoms with Crippen LogP contribution in [0.2, 0.25) is 0 Å². The second kappa shape index (κ2) is 7.02. The number of benzene rings is 2. The average molecular weight is 319 g/mol. The molecule has 0 bridgehead atoms. The third-order valence-electron chi connectivity index (χ3n) is 4.21. The first kappa shape index (κ1) is 16.5. The van der Waals surface area contributed by atoms with Crippen molar-refractivity contribution in [1.29, 1.82) is 0 Å². The molecule has 2 aromatic carbocycles. The molecule has 0 amide bonds. The molecular formula is C21H25N3. The molecule has 0 saturated heterocycles. The number of aromatic nitrogens is 2. The van der Waals surface area contributed by atoms with Gasteiger partial charge in [-0.05, 0) is 34.7 Å². The summed E-state index contributed by atoms with van der Waals surface area (Å²) in [7, 11) is 0. The van der Waals surface area contributed by atoms with Gasteiger partial charge in [0, 0.05) is 25.0 Å². The van der Waals surface area contributed by atoms with Crippen LogP contribution in [0.4, 0.5) is 0 Å². The molecule has 3 nitrogen and oxygen atoms in total. The SMILES string of the molecule is CC(C)(C)[C@H](NCc1ccc(-n2cccn2)cc1)c1ccccc1. The van der Waals surface area contributed by atoms with Gasteiger partial charge in [0.25, 0.3) is 0 Å². The Hall–Kier alpha value is -2.39. The summed E-state index contributed by atoms with van der Waals surface area (Å²) in [6, 6.07) is 21.5. The van der Waals surface area contributed by atoms with Gasteiger partial charge < -0.3 is 5.32 Å². The van der Waals surface area contributed by atoms with E-state index in [2.05, 4.69) is 85.8 Å². The number of nitrogens with zero attached hydrogens (tertiary/aromatic N) is 2. The molecule has 3 heteroatoms. The van der Waals surface area contributed by atoms with Gasteiger partial charge >= 0.3 is 0 Å². The molecule has 124 valence electrons. The maximum atomic E-state index is 4.26. The van der Waals surface area contributed by atoms with Gasteiger partial charge in [0.15, 0.2) is 0 Å². The smallest absolute Gasteiger partial charge is 0.0645 e. The zero-order chi connectivity index (χ0) is 17.0. The van der Waals surface area contributed by atoms with Gasteiger partial charge in [0.2, 0.25) is 0 Å². The Labute approximate surface area is 144 Å². The molecule has 1 heterocycles. The third kappa shape index (κ3) is 3.92. The van der Waals surface area contributed by atoms with Crippen molar-refractivity contribution < 1.29 is 0 Å². The highest BCUT2D eigenvalue weighted by molar-refractivity contribution is 5.34. The molecule has 0 aliphatic heterocycles. The lowest BCUT2D eigenvalue weighted by molar-refractivity contribution is 0.271. The highest BCUT2D eigenvalue weighted by Gasteiger charge is 2.25. The van der Waals surface area contributed by atoms with Crippen LogP contribution in [0, 0.1) is 5.41 Å². The van der Waals surface area contributed by atoms with Crippen molar-refractivity contribution >= 4 is 0 Å². The summed E-state index contributed by atoms with van der Waals surface area (Å²) < 4.78 is 1.87. The van der Waals surface area contributed by atoms with E-state index in [0.29, 0.717) is 6.04 Å². The van der Waals surface area contributed by atoms with E-state index >= 15 is 0 Å². The van der Waals surface area contributed by atoms with E-state index in [4.69, 9.17) is 0 Å². The lowest BCUT2D eigenvalue weighted by atomic mass is 9.82. The fourth-order valence-corrected chi connectivity index (χ4v) is 2.98. The first-order valence-electron chi connectivity index (χ1n) is 8.41. The van der Waals surface area contributed by atoms with Crippen LogP contribution in [0.5, 0.6) is 0 Å². The van der Waals surface area contributed by atoms with E-state index < -0.39 is 0 Å². The second-order valence-corrected chi connectivity index (χ2v) is 7.21. The minimum Gasteiger partial charge on any atom is -0.305 e. The molecule has 3 rings (SSSR count).